The van der Waals surface area contributed by atoms with Crippen molar-refractivity contribution in [3.8, 4) is 6.07 Å². The number of nitrogens with two attached hydrogens (primary N) is 1. The fourth-order valence-corrected chi connectivity index (χ4v) is 7.86. The number of aromatic nitrogens is 2. The van der Waals surface area contributed by atoms with Crippen LogP contribution in [0.2, 0.25) is 0 Å². The van der Waals surface area contributed by atoms with Gasteiger partial charge in [0, 0.05) is 24.9 Å². The predicted molar refractivity (Wildman–Crippen MR) is 178 cm³/mol. The van der Waals surface area contributed by atoms with Crippen molar-refractivity contribution >= 4 is 17.5 Å². The van der Waals surface area contributed by atoms with Gasteiger partial charge in [0.25, 0.3) is 5.91 Å². The van der Waals surface area contributed by atoms with Gasteiger partial charge < -0.3 is 25.8 Å². The molecule has 6 rings (SSSR count). The summed E-state index contributed by atoms with van der Waals surface area (Å²) in [5, 5.41) is 15.6. The molecule has 1 aliphatic heterocycles. The number of carbonyl (C=O) groups excluding carboxylic acids is 2. The van der Waals surface area contributed by atoms with Gasteiger partial charge in [-0.25, -0.2) is 4.79 Å². The van der Waals surface area contributed by atoms with Crippen molar-refractivity contribution in [2.75, 3.05) is 26.7 Å². The van der Waals surface area contributed by atoms with Gasteiger partial charge in [0.15, 0.2) is 5.82 Å². The molecule has 3 aliphatic rings. The number of hydrogen-bond acceptors (Lipinski definition) is 8. The van der Waals surface area contributed by atoms with E-state index in [9.17, 15) is 19.6 Å². The lowest BCUT2D eigenvalue weighted by Crippen LogP contribution is -2.43. The Morgan fingerprint density at radius 2 is 1.74 bits per heavy atom. The standard InChI is InChI=1S/C36H43N7O4/c1-23(38)24-12-14-30-25(19-24)10-11-26-20-27(33(45)39-2)13-15-31(26)36(30,16-17-40-22-32(44)42-18-6-9-29(42)21-37)34-41-35(46)47-43(34)28-7-4-3-5-8-28/h12-15,19-20,28-29,40H,1,3-11,16-18,22,38H2,2H3,(H,39,45). The number of nitrogens with one attached hydrogen (secondary N) is 2. The molecule has 2 unspecified atom stereocenters. The van der Waals surface area contributed by atoms with E-state index in [0.29, 0.717) is 55.9 Å². The fraction of sp³-hybridized carbons (Fsp3) is 0.472. The zero-order chi connectivity index (χ0) is 33.1. The number of benzene rings is 2. The Morgan fingerprint density at radius 3 is 2.40 bits per heavy atom. The Kier molecular flexibility index (Phi) is 9.32. The lowest BCUT2D eigenvalue weighted by molar-refractivity contribution is -0.130. The predicted octanol–water partition coefficient (Wildman–Crippen LogP) is 3.56. The molecule has 11 heteroatoms. The quantitative estimate of drug-likeness (QED) is 0.301. The maximum absolute atomic E-state index is 13.1. The van der Waals surface area contributed by atoms with Crippen LogP contribution in [0.5, 0.6) is 0 Å². The van der Waals surface area contributed by atoms with Crippen LogP contribution in [0.3, 0.4) is 0 Å². The molecule has 246 valence electrons. The van der Waals surface area contributed by atoms with Crippen LogP contribution >= 0.6 is 0 Å². The summed E-state index contributed by atoms with van der Waals surface area (Å²) in [6, 6.07) is 13.7. The highest BCUT2D eigenvalue weighted by Gasteiger charge is 2.46. The third kappa shape index (κ3) is 6.10. The first-order chi connectivity index (χ1) is 22.8. The van der Waals surface area contributed by atoms with E-state index in [1.807, 2.05) is 24.3 Å². The highest BCUT2D eigenvalue weighted by atomic mass is 16.5. The van der Waals surface area contributed by atoms with Crippen LogP contribution in [-0.2, 0) is 23.1 Å². The van der Waals surface area contributed by atoms with Crippen LogP contribution in [0.25, 0.3) is 5.70 Å². The maximum Gasteiger partial charge on any atom is 0.459 e. The molecule has 11 nitrogen and oxygen atoms in total. The van der Waals surface area contributed by atoms with Crippen molar-refractivity contribution in [1.82, 2.24) is 25.3 Å². The van der Waals surface area contributed by atoms with Crippen molar-refractivity contribution < 1.29 is 14.1 Å². The summed E-state index contributed by atoms with van der Waals surface area (Å²) < 4.78 is 7.68. The number of rotatable bonds is 9. The van der Waals surface area contributed by atoms with E-state index >= 15 is 0 Å². The van der Waals surface area contributed by atoms with Crippen LogP contribution in [0.4, 0.5) is 0 Å². The summed E-state index contributed by atoms with van der Waals surface area (Å²) in [5.41, 5.74) is 11.0. The number of fused-ring (bicyclic) bond motifs is 2. The molecule has 1 saturated carbocycles. The van der Waals surface area contributed by atoms with Gasteiger partial charge in [0.2, 0.25) is 5.91 Å². The highest BCUT2D eigenvalue weighted by molar-refractivity contribution is 5.94. The number of likely N-dealkylation sites (tertiary alicyclic amines) is 1. The van der Waals surface area contributed by atoms with Crippen molar-refractivity contribution in [3.05, 3.63) is 92.7 Å². The Morgan fingerprint density at radius 1 is 1.06 bits per heavy atom. The summed E-state index contributed by atoms with van der Waals surface area (Å²) >= 11 is 0. The smallest absolute Gasteiger partial charge is 0.399 e. The highest BCUT2D eigenvalue weighted by Crippen LogP contribution is 2.48. The number of hydrogen-bond donors (Lipinski definition) is 3. The van der Waals surface area contributed by atoms with Crippen molar-refractivity contribution in [2.45, 2.75) is 81.7 Å². The molecule has 3 aromatic rings. The van der Waals surface area contributed by atoms with Crippen LogP contribution in [-0.4, -0.2) is 59.2 Å². The van der Waals surface area contributed by atoms with Gasteiger partial charge in [-0.15, -0.1) is 0 Å². The van der Waals surface area contributed by atoms with E-state index in [1.54, 1.807) is 16.7 Å². The molecule has 2 amide bonds. The summed E-state index contributed by atoms with van der Waals surface area (Å²) in [5.74, 6) is -0.402. The van der Waals surface area contributed by atoms with Gasteiger partial charge in [-0.3, -0.25) is 9.59 Å². The molecular formula is C36H43N7O4. The lowest BCUT2D eigenvalue weighted by Gasteiger charge is -2.37. The first-order valence-corrected chi connectivity index (χ1v) is 16.7. The van der Waals surface area contributed by atoms with Crippen molar-refractivity contribution in [2.24, 2.45) is 5.73 Å². The number of nitrogens with zero attached hydrogens (tertiary/aromatic N) is 4. The molecule has 47 heavy (non-hydrogen) atoms. The zero-order valence-electron chi connectivity index (χ0n) is 27.0. The first kappa shape index (κ1) is 32.3. The van der Waals surface area contributed by atoms with Crippen LogP contribution in [0.15, 0.2) is 52.3 Å². The SMILES string of the molecule is C=C(N)c1ccc2c(c1)CCc1cc(C(=O)NC)ccc1C2(CCNCC(=O)N1CCCC1C#N)c1nc(=O)on1C1CCCCC1. The third-order valence-electron chi connectivity index (χ3n) is 10.2. The molecule has 2 fully saturated rings. The molecule has 2 heterocycles. The molecule has 0 radical (unpaired) electrons. The lowest BCUT2D eigenvalue weighted by atomic mass is 9.68. The topological polar surface area (TPSA) is 159 Å². The molecular weight excluding hydrogens is 594 g/mol. The van der Waals surface area contributed by atoms with E-state index in [2.05, 4.69) is 40.4 Å². The molecule has 1 saturated heterocycles. The molecule has 0 bridgehead atoms. The van der Waals surface area contributed by atoms with E-state index in [0.717, 1.165) is 66.3 Å². The van der Waals surface area contributed by atoms with Crippen molar-refractivity contribution in [3.63, 3.8) is 0 Å². The summed E-state index contributed by atoms with van der Waals surface area (Å²) in [7, 11) is 1.61. The minimum atomic E-state index is -0.959. The van der Waals surface area contributed by atoms with E-state index in [4.69, 9.17) is 10.3 Å². The summed E-state index contributed by atoms with van der Waals surface area (Å²) in [6.45, 7) is 5.04. The van der Waals surface area contributed by atoms with E-state index < -0.39 is 17.2 Å². The average Bonchev–Trinajstić information content (AvgIpc) is 3.71. The second-order valence-electron chi connectivity index (χ2n) is 13.0. The molecule has 4 N–H and O–H groups in total. The largest absolute Gasteiger partial charge is 0.459 e. The Bertz CT molecular complexity index is 1780. The number of carbonyl (C=O) groups is 2. The van der Waals surface area contributed by atoms with Gasteiger partial charge >= 0.3 is 5.76 Å². The summed E-state index contributed by atoms with van der Waals surface area (Å²) in [6.07, 6.45) is 8.25. The summed E-state index contributed by atoms with van der Waals surface area (Å²) in [4.78, 5) is 45.3. The minimum absolute atomic E-state index is 0.0122. The number of aryl methyl sites for hydroxylation is 2. The number of nitriles is 1. The van der Waals surface area contributed by atoms with Gasteiger partial charge in [0.05, 0.1) is 24.1 Å². The Labute approximate surface area is 274 Å². The number of amides is 2. The second-order valence-corrected chi connectivity index (χ2v) is 13.0. The zero-order valence-corrected chi connectivity index (χ0v) is 27.0. The fourth-order valence-electron chi connectivity index (χ4n) is 7.86. The van der Waals surface area contributed by atoms with E-state index in [-0.39, 0.29) is 24.4 Å². The molecule has 2 aliphatic carbocycles. The Hall–Kier alpha value is -4.69. The van der Waals surface area contributed by atoms with E-state index in [1.165, 1.54) is 0 Å². The van der Waals surface area contributed by atoms with Crippen LogP contribution < -0.4 is 22.1 Å². The minimum Gasteiger partial charge on any atom is -0.399 e. The monoisotopic (exact) mass is 637 g/mol. The average molecular weight is 638 g/mol. The van der Waals surface area contributed by atoms with Crippen LogP contribution in [0.1, 0.15) is 101 Å². The first-order valence-electron chi connectivity index (χ1n) is 16.7. The van der Waals surface area contributed by atoms with Gasteiger partial charge in [0.1, 0.15) is 6.04 Å². The molecule has 2 aromatic carbocycles. The van der Waals surface area contributed by atoms with Crippen LogP contribution in [0, 0.1) is 11.3 Å². The molecule has 2 atom stereocenters. The molecule has 1 aromatic heterocycles. The maximum atomic E-state index is 13.1. The van der Waals surface area contributed by atoms with Gasteiger partial charge in [-0.2, -0.15) is 15.0 Å². The van der Waals surface area contributed by atoms with Gasteiger partial charge in [-0.05, 0) is 97.5 Å². The second kappa shape index (κ2) is 13.6. The Balaban J connectivity index is 1.50. The van der Waals surface area contributed by atoms with Gasteiger partial charge in [-0.1, -0.05) is 44.0 Å². The third-order valence-corrected chi connectivity index (χ3v) is 10.2. The van der Waals surface area contributed by atoms with Crippen molar-refractivity contribution in [1.29, 1.82) is 5.26 Å². The normalized spacial score (nSPS) is 20.9. The molecule has 0 spiro atoms.